The van der Waals surface area contributed by atoms with E-state index in [9.17, 15) is 4.79 Å². The van der Waals surface area contributed by atoms with Gasteiger partial charge in [-0.1, -0.05) is 35.0 Å². The van der Waals surface area contributed by atoms with Crippen LogP contribution in [0.2, 0.25) is 0 Å². The van der Waals surface area contributed by atoms with E-state index in [1.807, 2.05) is 17.9 Å². The van der Waals surface area contributed by atoms with E-state index in [1.165, 1.54) is 11.1 Å². The Hall–Kier alpha value is -2.14. The molecule has 2 heterocycles. The molecule has 25 heavy (non-hydrogen) atoms. The first-order valence-electron chi connectivity index (χ1n) is 8.97. The van der Waals surface area contributed by atoms with Gasteiger partial charge in [-0.05, 0) is 39.3 Å². The second kappa shape index (κ2) is 7.83. The summed E-state index contributed by atoms with van der Waals surface area (Å²) < 4.78 is 5.32. The lowest BCUT2D eigenvalue weighted by atomic mass is 10.1. The first-order chi connectivity index (χ1) is 12.0. The van der Waals surface area contributed by atoms with Crippen molar-refractivity contribution in [1.82, 2.24) is 15.0 Å². The molecule has 1 amide bonds. The van der Waals surface area contributed by atoms with Gasteiger partial charge in [0.15, 0.2) is 5.76 Å². The van der Waals surface area contributed by atoms with Crippen LogP contribution in [0, 0.1) is 13.8 Å². The van der Waals surface area contributed by atoms with Crippen molar-refractivity contribution in [3.8, 4) is 0 Å². The molecular weight excluding hydrogens is 314 g/mol. The van der Waals surface area contributed by atoms with Gasteiger partial charge in [-0.2, -0.15) is 0 Å². The van der Waals surface area contributed by atoms with Crippen molar-refractivity contribution < 1.29 is 9.32 Å². The van der Waals surface area contributed by atoms with Crippen LogP contribution in [0.15, 0.2) is 34.9 Å². The number of amides is 1. The molecule has 5 heteroatoms. The average molecular weight is 341 g/mol. The highest BCUT2D eigenvalue weighted by Crippen LogP contribution is 2.20. The highest BCUT2D eigenvalue weighted by atomic mass is 16.5. The molecule has 0 aliphatic carbocycles. The molecule has 1 aromatic carbocycles. The van der Waals surface area contributed by atoms with E-state index >= 15 is 0 Å². The zero-order valence-corrected chi connectivity index (χ0v) is 15.4. The summed E-state index contributed by atoms with van der Waals surface area (Å²) in [7, 11) is 2.10. The maximum Gasteiger partial charge on any atom is 0.222 e. The molecule has 0 unspecified atom stereocenters. The summed E-state index contributed by atoms with van der Waals surface area (Å²) in [5, 5.41) is 3.95. The minimum Gasteiger partial charge on any atom is -0.360 e. The molecule has 0 radical (unpaired) electrons. The third kappa shape index (κ3) is 4.69. The lowest BCUT2D eigenvalue weighted by molar-refractivity contribution is -0.131. The van der Waals surface area contributed by atoms with Crippen molar-refractivity contribution in [1.29, 1.82) is 0 Å². The van der Waals surface area contributed by atoms with Gasteiger partial charge < -0.3 is 9.42 Å². The van der Waals surface area contributed by atoms with E-state index in [4.69, 9.17) is 4.52 Å². The number of carbonyl (C=O) groups excluding carboxylic acids is 1. The van der Waals surface area contributed by atoms with E-state index in [0.717, 1.165) is 37.4 Å². The summed E-state index contributed by atoms with van der Waals surface area (Å²) in [5.41, 5.74) is 3.35. The Labute approximate surface area is 149 Å². The van der Waals surface area contributed by atoms with Gasteiger partial charge in [0.1, 0.15) is 0 Å². The minimum absolute atomic E-state index is 0.257. The van der Waals surface area contributed by atoms with Crippen LogP contribution in [0.4, 0.5) is 0 Å². The number of rotatable bonds is 5. The molecule has 1 aliphatic heterocycles. The predicted octanol–water partition coefficient (Wildman–Crippen LogP) is 3.30. The summed E-state index contributed by atoms with van der Waals surface area (Å²) in [5.74, 6) is 1.14. The molecule has 1 aliphatic rings. The molecule has 2 aromatic rings. The number of likely N-dealkylation sites (tertiary alicyclic amines) is 1. The van der Waals surface area contributed by atoms with Gasteiger partial charge in [0.05, 0.1) is 12.2 Å². The van der Waals surface area contributed by atoms with Gasteiger partial charge in [-0.15, -0.1) is 0 Å². The number of hydrogen-bond donors (Lipinski definition) is 0. The SMILES string of the molecule is Cc1cccc(CN2CC[C@H](N(C)Cc3cc(C)no3)CCC2=O)c1. The van der Waals surface area contributed by atoms with Crippen molar-refractivity contribution in [3.05, 3.63) is 52.9 Å². The lowest BCUT2D eigenvalue weighted by Crippen LogP contribution is -2.33. The van der Waals surface area contributed by atoms with Gasteiger partial charge in [-0.25, -0.2) is 0 Å². The molecule has 1 aromatic heterocycles. The highest BCUT2D eigenvalue weighted by molar-refractivity contribution is 5.76. The van der Waals surface area contributed by atoms with Crippen molar-refractivity contribution in [3.63, 3.8) is 0 Å². The van der Waals surface area contributed by atoms with Gasteiger partial charge in [0.2, 0.25) is 5.91 Å². The number of benzene rings is 1. The summed E-state index contributed by atoms with van der Waals surface area (Å²) in [6.07, 6.45) is 2.49. The van der Waals surface area contributed by atoms with Crippen LogP contribution in [-0.2, 0) is 17.9 Å². The Balaban J connectivity index is 1.59. The molecule has 0 spiro atoms. The van der Waals surface area contributed by atoms with Crippen molar-refractivity contribution in [2.24, 2.45) is 0 Å². The Kier molecular flexibility index (Phi) is 5.53. The minimum atomic E-state index is 0.257. The molecule has 1 fully saturated rings. The monoisotopic (exact) mass is 341 g/mol. The quantitative estimate of drug-likeness (QED) is 0.837. The predicted molar refractivity (Wildman–Crippen MR) is 96.9 cm³/mol. The molecule has 3 rings (SSSR count). The number of hydrogen-bond acceptors (Lipinski definition) is 4. The van der Waals surface area contributed by atoms with Crippen LogP contribution in [0.1, 0.15) is 41.8 Å². The highest BCUT2D eigenvalue weighted by Gasteiger charge is 2.25. The maximum absolute atomic E-state index is 12.5. The molecule has 134 valence electrons. The van der Waals surface area contributed by atoms with E-state index in [-0.39, 0.29) is 5.91 Å². The van der Waals surface area contributed by atoms with E-state index < -0.39 is 0 Å². The Bertz CT molecular complexity index is 725. The normalized spacial score (nSPS) is 18.6. The van der Waals surface area contributed by atoms with Crippen LogP contribution < -0.4 is 0 Å². The Morgan fingerprint density at radius 3 is 2.84 bits per heavy atom. The van der Waals surface area contributed by atoms with Gasteiger partial charge in [0, 0.05) is 31.6 Å². The summed E-state index contributed by atoms with van der Waals surface area (Å²) in [6, 6.07) is 10.8. The molecule has 5 nitrogen and oxygen atoms in total. The fourth-order valence-corrected chi connectivity index (χ4v) is 3.53. The fourth-order valence-electron chi connectivity index (χ4n) is 3.53. The number of carbonyl (C=O) groups is 1. The summed E-state index contributed by atoms with van der Waals surface area (Å²) in [4.78, 5) is 16.8. The third-order valence-corrected chi connectivity index (χ3v) is 4.94. The largest absolute Gasteiger partial charge is 0.360 e. The third-order valence-electron chi connectivity index (χ3n) is 4.94. The van der Waals surface area contributed by atoms with Crippen LogP contribution in [0.25, 0.3) is 0 Å². The van der Waals surface area contributed by atoms with Crippen LogP contribution >= 0.6 is 0 Å². The van der Waals surface area contributed by atoms with Crippen molar-refractivity contribution in [2.75, 3.05) is 13.6 Å². The molecule has 1 saturated heterocycles. The van der Waals surface area contributed by atoms with E-state index in [1.54, 1.807) is 0 Å². The topological polar surface area (TPSA) is 49.6 Å². The van der Waals surface area contributed by atoms with E-state index in [2.05, 4.69) is 48.3 Å². The molecular formula is C20H27N3O2. The molecule has 0 bridgehead atoms. The van der Waals surface area contributed by atoms with Gasteiger partial charge >= 0.3 is 0 Å². The van der Waals surface area contributed by atoms with Gasteiger partial charge in [-0.3, -0.25) is 9.69 Å². The molecule has 1 atom stereocenters. The zero-order chi connectivity index (χ0) is 17.8. The van der Waals surface area contributed by atoms with E-state index in [0.29, 0.717) is 19.0 Å². The Morgan fingerprint density at radius 1 is 1.28 bits per heavy atom. The molecule has 0 saturated carbocycles. The summed E-state index contributed by atoms with van der Waals surface area (Å²) >= 11 is 0. The average Bonchev–Trinajstić information content (AvgIpc) is 2.88. The van der Waals surface area contributed by atoms with Crippen LogP contribution in [-0.4, -0.2) is 40.5 Å². The molecule has 0 N–H and O–H groups in total. The van der Waals surface area contributed by atoms with Gasteiger partial charge in [0.25, 0.3) is 0 Å². The van der Waals surface area contributed by atoms with Crippen LogP contribution in [0.3, 0.4) is 0 Å². The fraction of sp³-hybridized carbons (Fsp3) is 0.500. The zero-order valence-electron chi connectivity index (χ0n) is 15.4. The lowest BCUT2D eigenvalue weighted by Gasteiger charge is -2.26. The standard InChI is InChI=1S/C20H27N3O2/c1-15-5-4-6-17(11-15)13-23-10-9-18(7-8-20(23)24)22(3)14-19-12-16(2)21-25-19/h4-6,11-12,18H,7-10,13-14H2,1-3H3/t18-/m1/s1. The Morgan fingerprint density at radius 2 is 2.12 bits per heavy atom. The summed E-state index contributed by atoms with van der Waals surface area (Å²) in [6.45, 7) is 6.26. The van der Waals surface area contributed by atoms with Crippen molar-refractivity contribution >= 4 is 5.91 Å². The first-order valence-corrected chi connectivity index (χ1v) is 8.97. The first kappa shape index (κ1) is 17.7. The maximum atomic E-state index is 12.5. The number of aryl methyl sites for hydroxylation is 2. The van der Waals surface area contributed by atoms with Crippen LogP contribution in [0.5, 0.6) is 0 Å². The second-order valence-corrected chi connectivity index (χ2v) is 7.14. The van der Waals surface area contributed by atoms with Crippen molar-refractivity contribution in [2.45, 2.75) is 52.2 Å². The smallest absolute Gasteiger partial charge is 0.222 e. The number of aromatic nitrogens is 1. The number of nitrogens with zero attached hydrogens (tertiary/aromatic N) is 3. The second-order valence-electron chi connectivity index (χ2n) is 7.14.